The number of hydrogen-bond acceptors (Lipinski definition) is 4. The zero-order valence-electron chi connectivity index (χ0n) is 14.9. The molecule has 1 aliphatic rings. The summed E-state index contributed by atoms with van der Waals surface area (Å²) in [7, 11) is 0. The molecule has 0 N–H and O–H groups in total. The fraction of sp³-hybridized carbons (Fsp3) is 0.333. The highest BCUT2D eigenvalue weighted by atomic mass is 16.5. The molecule has 0 aromatic heterocycles. The first kappa shape index (κ1) is 18.0. The average Bonchev–Trinajstić information content (AvgIpc) is 2.70. The first-order chi connectivity index (χ1) is 12.7. The van der Waals surface area contributed by atoms with Crippen LogP contribution in [0.4, 0.5) is 5.69 Å². The van der Waals surface area contributed by atoms with E-state index in [0.29, 0.717) is 24.5 Å². The molecule has 0 aliphatic carbocycles. The molecule has 0 fully saturated rings. The molecule has 5 nitrogen and oxygen atoms in total. The van der Waals surface area contributed by atoms with Crippen LogP contribution in [0.15, 0.2) is 48.5 Å². The van der Waals surface area contributed by atoms with Gasteiger partial charge in [0.15, 0.2) is 6.61 Å². The fourth-order valence-corrected chi connectivity index (χ4v) is 3.01. The van der Waals surface area contributed by atoms with Crippen molar-refractivity contribution in [3.05, 3.63) is 59.7 Å². The average molecular weight is 353 g/mol. The molecule has 2 aromatic rings. The number of nitrogens with zero attached hydrogens (tertiary/aromatic N) is 1. The number of hydrogen-bond donors (Lipinski definition) is 0. The van der Waals surface area contributed by atoms with Gasteiger partial charge in [-0.1, -0.05) is 31.2 Å². The summed E-state index contributed by atoms with van der Waals surface area (Å²) in [5.74, 6) is -0.105. The van der Waals surface area contributed by atoms with E-state index in [9.17, 15) is 9.59 Å². The smallest absolute Gasteiger partial charge is 0.338 e. The molecule has 0 saturated carbocycles. The van der Waals surface area contributed by atoms with Crippen LogP contribution in [0.1, 0.15) is 35.7 Å². The first-order valence-electron chi connectivity index (χ1n) is 8.97. The number of rotatable bonds is 6. The molecule has 3 rings (SSSR count). The SMILES string of the molecule is CCCOc1cccc(C(=O)OCC(=O)N2CCCc3ccccc32)c1. The van der Waals surface area contributed by atoms with Gasteiger partial charge in [0, 0.05) is 12.2 Å². The summed E-state index contributed by atoms with van der Waals surface area (Å²) in [5.41, 5.74) is 2.44. The van der Waals surface area contributed by atoms with E-state index in [4.69, 9.17) is 9.47 Å². The maximum atomic E-state index is 12.5. The molecule has 1 heterocycles. The van der Waals surface area contributed by atoms with E-state index >= 15 is 0 Å². The summed E-state index contributed by atoms with van der Waals surface area (Å²) in [6.45, 7) is 2.98. The summed E-state index contributed by atoms with van der Waals surface area (Å²) in [5, 5.41) is 0. The number of ether oxygens (including phenoxy) is 2. The molecule has 0 bridgehead atoms. The van der Waals surface area contributed by atoms with E-state index in [-0.39, 0.29) is 12.5 Å². The lowest BCUT2D eigenvalue weighted by molar-refractivity contribution is -0.121. The van der Waals surface area contributed by atoms with Crippen LogP contribution in [0, 0.1) is 0 Å². The summed E-state index contributed by atoms with van der Waals surface area (Å²) in [6, 6.07) is 14.7. The molecule has 0 spiro atoms. The maximum Gasteiger partial charge on any atom is 0.338 e. The predicted molar refractivity (Wildman–Crippen MR) is 99.6 cm³/mol. The summed E-state index contributed by atoms with van der Waals surface area (Å²) < 4.78 is 10.8. The minimum absolute atomic E-state index is 0.205. The molecule has 1 aliphatic heterocycles. The Kier molecular flexibility index (Phi) is 5.89. The summed E-state index contributed by atoms with van der Waals surface area (Å²) in [4.78, 5) is 26.5. The molecule has 0 atom stereocenters. The van der Waals surface area contributed by atoms with Crippen LogP contribution in [0.3, 0.4) is 0 Å². The van der Waals surface area contributed by atoms with Crippen LogP contribution in [-0.4, -0.2) is 31.6 Å². The standard InChI is InChI=1S/C21H23NO4/c1-2-13-25-18-10-5-8-17(14-18)21(24)26-15-20(23)22-12-6-9-16-7-3-4-11-19(16)22/h3-5,7-8,10-11,14H,2,6,9,12-13,15H2,1H3. The molecule has 1 amide bonds. The molecular formula is C21H23NO4. The van der Waals surface area contributed by atoms with Gasteiger partial charge in [-0.2, -0.15) is 0 Å². The van der Waals surface area contributed by atoms with E-state index in [1.165, 1.54) is 0 Å². The van der Waals surface area contributed by atoms with Crippen molar-refractivity contribution in [3.8, 4) is 5.75 Å². The van der Waals surface area contributed by atoms with Crippen LogP contribution in [0.2, 0.25) is 0 Å². The van der Waals surface area contributed by atoms with Crippen molar-refractivity contribution in [3.63, 3.8) is 0 Å². The lowest BCUT2D eigenvalue weighted by Gasteiger charge is -2.29. The van der Waals surface area contributed by atoms with Crippen LogP contribution in [0.5, 0.6) is 5.75 Å². The van der Waals surface area contributed by atoms with Crippen molar-refractivity contribution in [2.45, 2.75) is 26.2 Å². The molecule has 0 radical (unpaired) electrons. The number of carbonyl (C=O) groups excluding carboxylic acids is 2. The number of carbonyl (C=O) groups is 2. The van der Waals surface area contributed by atoms with Gasteiger partial charge in [0.05, 0.1) is 12.2 Å². The van der Waals surface area contributed by atoms with Gasteiger partial charge in [0.25, 0.3) is 5.91 Å². The quantitative estimate of drug-likeness (QED) is 0.745. The first-order valence-corrected chi connectivity index (χ1v) is 8.97. The number of aryl methyl sites for hydroxylation is 1. The third-order valence-electron chi connectivity index (χ3n) is 4.28. The Labute approximate surface area is 153 Å². The second kappa shape index (κ2) is 8.52. The second-order valence-electron chi connectivity index (χ2n) is 6.23. The molecule has 5 heteroatoms. The monoisotopic (exact) mass is 353 g/mol. The normalized spacial score (nSPS) is 13.0. The van der Waals surface area contributed by atoms with E-state index in [0.717, 1.165) is 30.5 Å². The van der Waals surface area contributed by atoms with Gasteiger partial charge in [-0.3, -0.25) is 4.79 Å². The minimum Gasteiger partial charge on any atom is -0.494 e. The Morgan fingerprint density at radius 3 is 2.81 bits per heavy atom. The van der Waals surface area contributed by atoms with Crippen molar-refractivity contribution >= 4 is 17.6 Å². The molecule has 136 valence electrons. The van der Waals surface area contributed by atoms with Crippen molar-refractivity contribution in [1.29, 1.82) is 0 Å². The summed E-state index contributed by atoms with van der Waals surface area (Å²) >= 11 is 0. The van der Waals surface area contributed by atoms with Gasteiger partial charge in [-0.25, -0.2) is 4.79 Å². The van der Waals surface area contributed by atoms with Crippen LogP contribution >= 0.6 is 0 Å². The third-order valence-corrected chi connectivity index (χ3v) is 4.28. The Balaban J connectivity index is 1.61. The van der Waals surface area contributed by atoms with Crippen LogP contribution in [-0.2, 0) is 16.0 Å². The Morgan fingerprint density at radius 2 is 1.96 bits per heavy atom. The highest BCUT2D eigenvalue weighted by Gasteiger charge is 2.23. The van der Waals surface area contributed by atoms with Crippen LogP contribution in [0.25, 0.3) is 0 Å². The lowest BCUT2D eigenvalue weighted by atomic mass is 10.0. The largest absolute Gasteiger partial charge is 0.494 e. The third kappa shape index (κ3) is 4.23. The maximum absolute atomic E-state index is 12.5. The number of fused-ring (bicyclic) bond motifs is 1. The van der Waals surface area contributed by atoms with E-state index in [2.05, 4.69) is 0 Å². The Morgan fingerprint density at radius 1 is 1.12 bits per heavy atom. The second-order valence-corrected chi connectivity index (χ2v) is 6.23. The van der Waals surface area contributed by atoms with Gasteiger partial charge in [0.2, 0.25) is 0 Å². The van der Waals surface area contributed by atoms with E-state index < -0.39 is 5.97 Å². The number of benzene rings is 2. The number of anilines is 1. The highest BCUT2D eigenvalue weighted by Crippen LogP contribution is 2.26. The predicted octanol–water partition coefficient (Wildman–Crippen LogP) is 3.61. The van der Waals surface area contributed by atoms with Crippen molar-refractivity contribution in [1.82, 2.24) is 0 Å². The molecule has 26 heavy (non-hydrogen) atoms. The molecule has 2 aromatic carbocycles. The molecule has 0 saturated heterocycles. The Hall–Kier alpha value is -2.82. The number of para-hydroxylation sites is 1. The van der Waals surface area contributed by atoms with Gasteiger partial charge in [-0.05, 0) is 49.1 Å². The topological polar surface area (TPSA) is 55.8 Å². The molecular weight excluding hydrogens is 330 g/mol. The molecule has 0 unspecified atom stereocenters. The van der Waals surface area contributed by atoms with E-state index in [1.54, 1.807) is 29.2 Å². The van der Waals surface area contributed by atoms with Gasteiger partial charge < -0.3 is 14.4 Å². The number of esters is 1. The summed E-state index contributed by atoms with van der Waals surface area (Å²) in [6.07, 6.45) is 2.76. The van der Waals surface area contributed by atoms with Crippen LogP contribution < -0.4 is 9.64 Å². The minimum atomic E-state index is -0.523. The van der Waals surface area contributed by atoms with Gasteiger partial charge >= 0.3 is 5.97 Å². The zero-order valence-corrected chi connectivity index (χ0v) is 14.9. The fourth-order valence-electron chi connectivity index (χ4n) is 3.01. The van der Waals surface area contributed by atoms with E-state index in [1.807, 2.05) is 31.2 Å². The Bertz CT molecular complexity index is 787. The van der Waals surface area contributed by atoms with Crippen molar-refractivity contribution in [2.75, 3.05) is 24.7 Å². The lowest BCUT2D eigenvalue weighted by Crippen LogP contribution is -2.38. The highest BCUT2D eigenvalue weighted by molar-refractivity contribution is 5.98. The van der Waals surface area contributed by atoms with Gasteiger partial charge in [-0.15, -0.1) is 0 Å². The zero-order chi connectivity index (χ0) is 18.4. The van der Waals surface area contributed by atoms with Crippen molar-refractivity contribution < 1.29 is 19.1 Å². The van der Waals surface area contributed by atoms with Crippen molar-refractivity contribution in [2.24, 2.45) is 0 Å². The number of amides is 1. The van der Waals surface area contributed by atoms with Gasteiger partial charge in [0.1, 0.15) is 5.75 Å².